The third-order valence-electron chi connectivity index (χ3n) is 8.65. The predicted molar refractivity (Wildman–Crippen MR) is 163 cm³/mol. The highest BCUT2D eigenvalue weighted by molar-refractivity contribution is 5.92. The number of halogens is 3. The number of carbonyl (C=O) groups is 1. The molecule has 0 atom stereocenters. The second-order valence-corrected chi connectivity index (χ2v) is 11.5. The molecule has 0 aliphatic carbocycles. The number of hydrogen-bond acceptors (Lipinski definition) is 6. The summed E-state index contributed by atoms with van der Waals surface area (Å²) < 4.78 is 38.8. The van der Waals surface area contributed by atoms with E-state index in [1.807, 2.05) is 48.3 Å². The molecule has 0 spiro atoms. The van der Waals surface area contributed by atoms with E-state index in [4.69, 9.17) is 0 Å². The molecule has 10 heteroatoms. The Kier molecular flexibility index (Phi) is 9.77. The molecule has 0 unspecified atom stereocenters. The van der Waals surface area contributed by atoms with Crippen LogP contribution in [-0.4, -0.2) is 82.9 Å². The van der Waals surface area contributed by atoms with Crippen LogP contribution in [-0.2, 0) is 17.5 Å². The second-order valence-electron chi connectivity index (χ2n) is 11.5. The van der Waals surface area contributed by atoms with Crippen molar-refractivity contribution in [3.05, 3.63) is 90.0 Å². The number of nitrogens with zero attached hydrogens (tertiary/aromatic N) is 6. The lowest BCUT2D eigenvalue weighted by Gasteiger charge is -2.43. The highest BCUT2D eigenvalue weighted by Crippen LogP contribution is 2.28. The van der Waals surface area contributed by atoms with Gasteiger partial charge >= 0.3 is 6.18 Å². The monoisotopic (exact) mass is 592 g/mol. The Labute approximate surface area is 251 Å². The fourth-order valence-corrected chi connectivity index (χ4v) is 5.98. The van der Waals surface area contributed by atoms with Crippen molar-refractivity contribution in [2.45, 2.75) is 50.5 Å². The number of aromatic nitrogens is 2. The number of hydrogen-bond donors (Lipinski definition) is 0. The Morgan fingerprint density at radius 1 is 0.930 bits per heavy atom. The number of anilines is 2. The first-order valence-corrected chi connectivity index (χ1v) is 14.8. The van der Waals surface area contributed by atoms with Crippen molar-refractivity contribution in [2.24, 2.45) is 0 Å². The summed E-state index contributed by atoms with van der Waals surface area (Å²) in [5.41, 5.74) is 2.56. The predicted octanol–water partition coefficient (Wildman–Crippen LogP) is 5.86. The van der Waals surface area contributed by atoms with E-state index in [1.54, 1.807) is 18.5 Å². The summed E-state index contributed by atoms with van der Waals surface area (Å²) in [5, 5.41) is 0. The first kappa shape index (κ1) is 30.7. The van der Waals surface area contributed by atoms with E-state index in [1.165, 1.54) is 25.0 Å². The van der Waals surface area contributed by atoms with Crippen LogP contribution < -0.4 is 4.90 Å². The van der Waals surface area contributed by atoms with Gasteiger partial charge in [-0.15, -0.1) is 0 Å². The molecule has 3 aromatic rings. The van der Waals surface area contributed by atoms with Gasteiger partial charge in [-0.05, 0) is 93.4 Å². The number of likely N-dealkylation sites (tertiary alicyclic amines) is 2. The van der Waals surface area contributed by atoms with Crippen molar-refractivity contribution in [3.63, 3.8) is 0 Å². The number of rotatable bonds is 8. The maximum absolute atomic E-state index is 13.6. The molecule has 2 saturated heterocycles. The molecule has 1 aromatic carbocycles. The molecule has 2 aliphatic rings. The van der Waals surface area contributed by atoms with Crippen LogP contribution in [0.5, 0.6) is 0 Å². The third-order valence-corrected chi connectivity index (χ3v) is 8.65. The maximum Gasteiger partial charge on any atom is 0.433 e. The van der Waals surface area contributed by atoms with E-state index in [0.29, 0.717) is 18.2 Å². The molecular formula is C33H39F3N6O. The van der Waals surface area contributed by atoms with Crippen LogP contribution in [0.25, 0.3) is 6.08 Å². The van der Waals surface area contributed by atoms with Crippen LogP contribution in [0.1, 0.15) is 42.5 Å². The molecule has 2 aliphatic heterocycles. The van der Waals surface area contributed by atoms with Crippen molar-refractivity contribution in [2.75, 3.05) is 45.2 Å². The summed E-state index contributed by atoms with van der Waals surface area (Å²) in [5.74, 6) is -0.157. The third kappa shape index (κ3) is 8.00. The van der Waals surface area contributed by atoms with Gasteiger partial charge in [0.25, 0.3) is 0 Å². The first-order chi connectivity index (χ1) is 20.7. The number of amides is 1. The highest BCUT2D eigenvalue weighted by Gasteiger charge is 2.33. The molecule has 2 fully saturated rings. The molecule has 0 N–H and O–H groups in total. The van der Waals surface area contributed by atoms with Gasteiger partial charge in [-0.25, -0.2) is 0 Å². The minimum Gasteiger partial charge on any atom is -0.345 e. The van der Waals surface area contributed by atoms with Crippen LogP contribution in [0.3, 0.4) is 0 Å². The quantitative estimate of drug-likeness (QED) is 0.306. The molecular weight excluding hydrogens is 553 g/mol. The van der Waals surface area contributed by atoms with Crippen molar-refractivity contribution in [1.29, 1.82) is 0 Å². The topological polar surface area (TPSA) is 55.8 Å². The number of alkyl halides is 3. The summed E-state index contributed by atoms with van der Waals surface area (Å²) in [4.78, 5) is 30.2. The lowest BCUT2D eigenvalue weighted by atomic mass is 9.96. The molecule has 0 saturated carbocycles. The molecule has 0 radical (unpaired) electrons. The lowest BCUT2D eigenvalue weighted by Crippen LogP contribution is -2.51. The molecule has 43 heavy (non-hydrogen) atoms. The standard InChI is InChI=1S/C33H39F3N6O/c1-39-19-13-29(14-20-39)41-21-15-30(16-22-41)42(32(43)10-6-25-5-9-31(38-23-25)33(34,35)36)24-26-3-7-27(8-4-26)40(2)28-11-17-37-18-12-28/h3-12,17-18,23,29-30H,13-16,19-22,24H2,1-2H3. The Hall–Kier alpha value is -3.76. The Balaban J connectivity index is 1.29. The highest BCUT2D eigenvalue weighted by atomic mass is 19.4. The van der Waals surface area contributed by atoms with Crippen molar-refractivity contribution >= 4 is 23.4 Å². The fraction of sp³-hybridized carbons (Fsp3) is 0.424. The van der Waals surface area contributed by atoms with E-state index < -0.39 is 11.9 Å². The SMILES string of the molecule is CN1CCC(N2CCC(N(Cc3ccc(N(C)c4ccncc4)cc3)C(=O)C=Cc3ccc(C(F)(F)F)nc3)CC2)CC1. The molecule has 0 bridgehead atoms. The molecule has 2 aromatic heterocycles. The Bertz CT molecular complexity index is 1350. The second kappa shape index (κ2) is 13.7. The van der Waals surface area contributed by atoms with Gasteiger partial charge in [-0.3, -0.25) is 14.8 Å². The number of carbonyl (C=O) groups excluding carboxylic acids is 1. The normalized spacial score (nSPS) is 17.8. The van der Waals surface area contributed by atoms with Crippen LogP contribution in [0.15, 0.2) is 73.2 Å². The maximum atomic E-state index is 13.6. The smallest absolute Gasteiger partial charge is 0.345 e. The van der Waals surface area contributed by atoms with E-state index in [9.17, 15) is 18.0 Å². The summed E-state index contributed by atoms with van der Waals surface area (Å²) in [7, 11) is 4.17. The van der Waals surface area contributed by atoms with Gasteiger partial charge in [-0.2, -0.15) is 13.2 Å². The van der Waals surface area contributed by atoms with Crippen molar-refractivity contribution in [3.8, 4) is 0 Å². The van der Waals surface area contributed by atoms with Gasteiger partial charge < -0.3 is 19.6 Å². The summed E-state index contributed by atoms with van der Waals surface area (Å²) in [6, 6.07) is 15.0. The summed E-state index contributed by atoms with van der Waals surface area (Å²) in [6.07, 6.45) is 7.29. The molecule has 228 valence electrons. The Morgan fingerprint density at radius 3 is 2.19 bits per heavy atom. The largest absolute Gasteiger partial charge is 0.433 e. The number of pyridine rings is 2. The first-order valence-electron chi connectivity index (χ1n) is 14.8. The number of piperidine rings is 2. The van der Waals surface area contributed by atoms with Crippen LogP contribution in [0.4, 0.5) is 24.5 Å². The van der Waals surface area contributed by atoms with Gasteiger partial charge in [0.2, 0.25) is 5.91 Å². The van der Waals surface area contributed by atoms with E-state index >= 15 is 0 Å². The Morgan fingerprint density at radius 2 is 1.58 bits per heavy atom. The molecule has 7 nitrogen and oxygen atoms in total. The van der Waals surface area contributed by atoms with Crippen LogP contribution in [0, 0.1) is 0 Å². The van der Waals surface area contributed by atoms with Crippen molar-refractivity contribution < 1.29 is 18.0 Å². The van der Waals surface area contributed by atoms with Gasteiger partial charge in [0.1, 0.15) is 5.69 Å². The minimum atomic E-state index is -4.50. The number of benzene rings is 1. The van der Waals surface area contributed by atoms with Gasteiger partial charge in [0.05, 0.1) is 0 Å². The summed E-state index contributed by atoms with van der Waals surface area (Å²) in [6.45, 7) is 4.58. The molecule has 5 rings (SSSR count). The van der Waals surface area contributed by atoms with E-state index in [-0.39, 0.29) is 11.9 Å². The summed E-state index contributed by atoms with van der Waals surface area (Å²) >= 11 is 0. The van der Waals surface area contributed by atoms with Gasteiger partial charge in [0.15, 0.2) is 0 Å². The minimum absolute atomic E-state index is 0.0737. The average molecular weight is 593 g/mol. The van der Waals surface area contributed by atoms with Crippen LogP contribution >= 0.6 is 0 Å². The van der Waals surface area contributed by atoms with E-state index in [2.05, 4.69) is 31.7 Å². The lowest BCUT2D eigenvalue weighted by molar-refractivity contribution is -0.141. The van der Waals surface area contributed by atoms with Crippen LogP contribution in [0.2, 0.25) is 0 Å². The molecule has 4 heterocycles. The molecule has 1 amide bonds. The fourth-order valence-electron chi connectivity index (χ4n) is 5.98. The van der Waals surface area contributed by atoms with E-state index in [0.717, 1.165) is 68.2 Å². The van der Waals surface area contributed by atoms with Gasteiger partial charge in [0, 0.05) is 74.8 Å². The van der Waals surface area contributed by atoms with Gasteiger partial charge in [-0.1, -0.05) is 18.2 Å². The zero-order chi connectivity index (χ0) is 30.4. The zero-order valence-electron chi connectivity index (χ0n) is 24.7. The zero-order valence-corrected chi connectivity index (χ0v) is 24.7. The van der Waals surface area contributed by atoms with Crippen molar-refractivity contribution in [1.82, 2.24) is 24.7 Å². The average Bonchev–Trinajstić information content (AvgIpc) is 3.03.